The highest BCUT2D eigenvalue weighted by Gasteiger charge is 2.62. The zero-order valence-corrected chi connectivity index (χ0v) is 23.2. The number of alkyl halides is 8. The molecule has 1 amide bonds. The molecule has 1 fully saturated rings. The number of amides is 1. The number of carbonyl (C=O) groups excluding carboxylic acids is 1. The molecule has 6 rings (SSSR count). The molecule has 10 nitrogen and oxygen atoms in total. The largest absolute Gasteiger partial charge is 0.505 e. The summed E-state index contributed by atoms with van der Waals surface area (Å²) in [4.78, 5) is 31.2. The van der Waals surface area contributed by atoms with Crippen LogP contribution in [0.25, 0.3) is 17.2 Å². The molecule has 0 spiro atoms. The van der Waals surface area contributed by atoms with Crippen molar-refractivity contribution in [1.29, 1.82) is 0 Å². The number of halogens is 9. The monoisotopic (exact) mass is 661 g/mol. The lowest BCUT2D eigenvalue weighted by molar-refractivity contribution is -0.284. The summed E-state index contributed by atoms with van der Waals surface area (Å²) in [5.41, 5.74) is -5.62. The Morgan fingerprint density at radius 2 is 1.74 bits per heavy atom. The van der Waals surface area contributed by atoms with E-state index in [1.54, 1.807) is 0 Å². The maximum atomic E-state index is 13.9. The molecule has 0 bridgehead atoms. The van der Waals surface area contributed by atoms with Crippen LogP contribution in [0.5, 0.6) is 5.75 Å². The van der Waals surface area contributed by atoms with E-state index in [9.17, 15) is 54.5 Å². The summed E-state index contributed by atoms with van der Waals surface area (Å²) in [5, 5.41) is 22.6. The molecule has 2 aliphatic heterocycles. The number of benzene rings is 1. The molecule has 5 heterocycles. The smallest absolute Gasteiger partial charge is 0.453 e. The lowest BCUT2D eigenvalue weighted by Gasteiger charge is -2.48. The van der Waals surface area contributed by atoms with E-state index in [1.807, 2.05) is 0 Å². The Morgan fingerprint density at radius 1 is 1.04 bits per heavy atom. The number of rotatable bonds is 6. The number of hydrogen-bond donors (Lipinski definition) is 3. The van der Waals surface area contributed by atoms with Gasteiger partial charge in [0.05, 0.1) is 24.3 Å². The molecule has 19 heteroatoms. The van der Waals surface area contributed by atoms with Crippen LogP contribution in [0.15, 0.2) is 36.8 Å². The SMILES string of the molecule is C[C@@]1(c2ccc(F)c(O)c2)C(=O)Nc2nc(-c3cn4ccnc4c(CCC(F)(F)C(F)(F)F)n3)nc(N3CC(O)(C(F)(F)F)C3)c21. The Morgan fingerprint density at radius 3 is 2.37 bits per heavy atom. The molecule has 0 unspecified atom stereocenters. The zero-order valence-electron chi connectivity index (χ0n) is 23.2. The lowest BCUT2D eigenvalue weighted by atomic mass is 9.77. The summed E-state index contributed by atoms with van der Waals surface area (Å²) in [6.45, 7) is -0.716. The van der Waals surface area contributed by atoms with Gasteiger partial charge in [0.25, 0.3) is 0 Å². The van der Waals surface area contributed by atoms with Crippen molar-refractivity contribution in [2.75, 3.05) is 23.3 Å². The summed E-state index contributed by atoms with van der Waals surface area (Å²) in [6.07, 6.45) is -9.63. The first-order valence-electron chi connectivity index (χ1n) is 13.3. The van der Waals surface area contributed by atoms with E-state index in [0.29, 0.717) is 0 Å². The van der Waals surface area contributed by atoms with Crippen LogP contribution in [-0.4, -0.2) is 77.4 Å². The standard InChI is InChI=1S/C27H20F9N7O3/c1-23(12-2-3-13(28)16(44)8-12)17-19(41-22(23)45)39-18(40-21(17)43-10-24(46,11-43)26(31,32)33)15-9-42-7-6-37-20(42)14(38-15)4-5-25(29,30)27(34,35)36/h2-3,6-9,44,46H,4-5,10-11H2,1H3,(H,39,40,41,45)/t23-/m0/s1. The molecule has 4 aromatic rings. The van der Waals surface area contributed by atoms with Gasteiger partial charge in [-0.3, -0.25) is 4.79 Å². The van der Waals surface area contributed by atoms with Gasteiger partial charge in [-0.1, -0.05) is 6.07 Å². The third-order valence-electron chi connectivity index (χ3n) is 8.09. The van der Waals surface area contributed by atoms with Crippen LogP contribution in [0, 0.1) is 5.82 Å². The number of hydrogen-bond acceptors (Lipinski definition) is 8. The quantitative estimate of drug-likeness (QED) is 0.257. The van der Waals surface area contributed by atoms with Gasteiger partial charge in [-0.15, -0.1) is 0 Å². The van der Waals surface area contributed by atoms with Gasteiger partial charge in [0, 0.05) is 25.0 Å². The van der Waals surface area contributed by atoms with Crippen molar-refractivity contribution >= 4 is 23.2 Å². The number of β-amino-alcohol motifs (C(OH)–C–C–N with tert-alkyl or cyclic N) is 1. The van der Waals surface area contributed by atoms with E-state index in [0.717, 1.165) is 17.0 Å². The Kier molecular flexibility index (Phi) is 6.74. The number of aliphatic hydroxyl groups is 1. The fraction of sp³-hybridized carbons (Fsp3) is 0.370. The minimum absolute atomic E-state index is 0.0118. The van der Waals surface area contributed by atoms with Gasteiger partial charge < -0.3 is 24.8 Å². The minimum Gasteiger partial charge on any atom is -0.505 e. The maximum Gasteiger partial charge on any atom is 0.453 e. The molecule has 244 valence electrons. The van der Waals surface area contributed by atoms with Crippen molar-refractivity contribution in [3.8, 4) is 17.3 Å². The van der Waals surface area contributed by atoms with Crippen molar-refractivity contribution in [3.63, 3.8) is 0 Å². The highest BCUT2D eigenvalue weighted by molar-refractivity contribution is 6.09. The number of aryl methyl sites for hydroxylation is 1. The number of fused-ring (bicyclic) bond motifs is 2. The third kappa shape index (κ3) is 4.74. The van der Waals surface area contributed by atoms with Gasteiger partial charge in [0.1, 0.15) is 22.7 Å². The van der Waals surface area contributed by atoms with Crippen molar-refractivity contribution < 1.29 is 54.5 Å². The molecule has 3 N–H and O–H groups in total. The van der Waals surface area contributed by atoms with Crippen molar-refractivity contribution in [1.82, 2.24) is 24.3 Å². The second-order valence-electron chi connectivity index (χ2n) is 11.2. The van der Waals surface area contributed by atoms with Gasteiger partial charge in [0.15, 0.2) is 28.6 Å². The number of phenolic OH excluding ortho intramolecular Hbond substituents is 1. The second kappa shape index (κ2) is 9.91. The highest BCUT2D eigenvalue weighted by Crippen LogP contribution is 2.50. The number of anilines is 2. The fourth-order valence-corrected chi connectivity index (χ4v) is 5.39. The number of carbonyl (C=O) groups is 1. The number of aromatic nitrogens is 5. The minimum atomic E-state index is -5.82. The number of imidazole rings is 1. The van der Waals surface area contributed by atoms with E-state index in [2.05, 4.69) is 25.3 Å². The Labute approximate surface area is 251 Å². The summed E-state index contributed by atoms with van der Waals surface area (Å²) in [7, 11) is 0. The van der Waals surface area contributed by atoms with Crippen LogP contribution in [0.1, 0.15) is 30.2 Å². The first kappa shape index (κ1) is 31.3. The Bertz CT molecular complexity index is 1890. The topological polar surface area (TPSA) is 129 Å². The van der Waals surface area contributed by atoms with Crippen LogP contribution in [0.3, 0.4) is 0 Å². The molecular formula is C27H20F9N7O3. The summed E-state index contributed by atoms with van der Waals surface area (Å²) < 4.78 is 122. The van der Waals surface area contributed by atoms with Gasteiger partial charge in [0.2, 0.25) is 5.91 Å². The number of nitrogens with zero attached hydrogens (tertiary/aromatic N) is 6. The first-order valence-corrected chi connectivity index (χ1v) is 13.3. The molecule has 2 aliphatic rings. The summed E-state index contributed by atoms with van der Waals surface area (Å²) in [6, 6.07) is 2.98. The third-order valence-corrected chi connectivity index (χ3v) is 8.09. The predicted molar refractivity (Wildman–Crippen MR) is 140 cm³/mol. The number of aromatic hydroxyl groups is 1. The van der Waals surface area contributed by atoms with Crippen molar-refractivity contribution in [3.05, 3.63) is 59.4 Å². The molecule has 46 heavy (non-hydrogen) atoms. The van der Waals surface area contributed by atoms with Crippen LogP contribution in [0.4, 0.5) is 51.1 Å². The molecule has 1 atom stereocenters. The van der Waals surface area contributed by atoms with Crippen LogP contribution >= 0.6 is 0 Å². The molecule has 0 saturated carbocycles. The molecular weight excluding hydrogens is 641 g/mol. The Balaban J connectivity index is 1.50. The van der Waals surface area contributed by atoms with E-state index >= 15 is 0 Å². The summed E-state index contributed by atoms with van der Waals surface area (Å²) in [5.74, 6) is -8.59. The molecule has 1 aromatic carbocycles. The van der Waals surface area contributed by atoms with Gasteiger partial charge in [-0.05, 0) is 31.0 Å². The number of phenols is 1. The van der Waals surface area contributed by atoms with E-state index in [4.69, 9.17) is 0 Å². The molecule has 0 radical (unpaired) electrons. The van der Waals surface area contributed by atoms with Crippen LogP contribution < -0.4 is 10.2 Å². The van der Waals surface area contributed by atoms with E-state index in [1.165, 1.54) is 36.0 Å². The maximum absolute atomic E-state index is 13.9. The fourth-order valence-electron chi connectivity index (χ4n) is 5.39. The van der Waals surface area contributed by atoms with E-state index < -0.39 is 72.7 Å². The lowest BCUT2D eigenvalue weighted by Crippen LogP contribution is -2.69. The first-order chi connectivity index (χ1) is 21.2. The molecule has 1 saturated heterocycles. The second-order valence-corrected chi connectivity index (χ2v) is 11.2. The normalized spacial score (nSPS) is 19.7. The van der Waals surface area contributed by atoms with Gasteiger partial charge in [-0.2, -0.15) is 35.1 Å². The average Bonchev–Trinajstić information content (AvgIpc) is 3.52. The Hall–Kier alpha value is -4.68. The predicted octanol–water partition coefficient (Wildman–Crippen LogP) is 4.53. The highest BCUT2D eigenvalue weighted by atomic mass is 19.4. The summed E-state index contributed by atoms with van der Waals surface area (Å²) >= 11 is 0. The molecule has 0 aliphatic carbocycles. The number of nitrogens with one attached hydrogen (secondary N) is 1. The average molecular weight is 661 g/mol. The van der Waals surface area contributed by atoms with Crippen molar-refractivity contribution in [2.45, 2.75) is 49.1 Å². The van der Waals surface area contributed by atoms with Gasteiger partial charge >= 0.3 is 18.3 Å². The van der Waals surface area contributed by atoms with Crippen LogP contribution in [0.2, 0.25) is 0 Å². The molecule has 3 aromatic heterocycles. The van der Waals surface area contributed by atoms with E-state index in [-0.39, 0.29) is 45.6 Å². The van der Waals surface area contributed by atoms with Gasteiger partial charge in [-0.25, -0.2) is 24.3 Å². The van der Waals surface area contributed by atoms with Crippen molar-refractivity contribution in [2.24, 2.45) is 0 Å². The van der Waals surface area contributed by atoms with Crippen LogP contribution in [-0.2, 0) is 16.6 Å². The zero-order chi connectivity index (χ0) is 33.6.